The molecule has 6 heteroatoms. The highest BCUT2D eigenvalue weighted by Gasteiger charge is 2.55. The summed E-state index contributed by atoms with van der Waals surface area (Å²) >= 11 is 0. The number of nitrogens with one attached hydrogen (secondary N) is 1. The van der Waals surface area contributed by atoms with E-state index in [1.54, 1.807) is 4.90 Å². The zero-order valence-corrected chi connectivity index (χ0v) is 15.7. The van der Waals surface area contributed by atoms with Gasteiger partial charge in [-0.2, -0.15) is 0 Å². The second-order valence-electron chi connectivity index (χ2n) is 7.63. The zero-order chi connectivity index (χ0) is 18.9. The minimum absolute atomic E-state index is 0.0757. The standard InChI is InChI=1S/C20H27N3O3/c1-14(2)23(16-10-5-4-6-11-16)17(24)13-22-18(25)20(21-19(22)26)12-8-7-9-15(20)3/h4-6,10-11,14-15H,7-9,12-13H2,1-3H3,(H,21,26). The molecule has 1 spiro atoms. The highest BCUT2D eigenvalue weighted by atomic mass is 16.2. The van der Waals surface area contributed by atoms with E-state index >= 15 is 0 Å². The third-order valence-corrected chi connectivity index (χ3v) is 5.61. The van der Waals surface area contributed by atoms with Crippen molar-refractivity contribution in [3.63, 3.8) is 0 Å². The normalized spacial score (nSPS) is 25.7. The van der Waals surface area contributed by atoms with Crippen LogP contribution >= 0.6 is 0 Å². The molecule has 0 aromatic heterocycles. The molecule has 2 atom stereocenters. The van der Waals surface area contributed by atoms with Gasteiger partial charge in [0.05, 0.1) is 0 Å². The van der Waals surface area contributed by atoms with Crippen LogP contribution in [0.1, 0.15) is 46.5 Å². The molecule has 3 rings (SSSR count). The Kier molecular flexibility index (Phi) is 5.03. The molecule has 1 N–H and O–H groups in total. The van der Waals surface area contributed by atoms with Crippen molar-refractivity contribution < 1.29 is 14.4 Å². The Labute approximate surface area is 154 Å². The minimum Gasteiger partial charge on any atom is -0.323 e. The van der Waals surface area contributed by atoms with Crippen molar-refractivity contribution in [3.05, 3.63) is 30.3 Å². The minimum atomic E-state index is -0.828. The summed E-state index contributed by atoms with van der Waals surface area (Å²) in [7, 11) is 0. The number of anilines is 1. The topological polar surface area (TPSA) is 69.7 Å². The second kappa shape index (κ2) is 7.09. The lowest BCUT2D eigenvalue weighted by molar-refractivity contribution is -0.136. The SMILES string of the molecule is CC(C)N(C(=O)CN1C(=O)NC2(CCCCC2C)C1=O)c1ccccc1. The van der Waals surface area contributed by atoms with Gasteiger partial charge >= 0.3 is 6.03 Å². The van der Waals surface area contributed by atoms with E-state index in [0.717, 1.165) is 29.8 Å². The van der Waals surface area contributed by atoms with E-state index in [4.69, 9.17) is 0 Å². The first kappa shape index (κ1) is 18.4. The Morgan fingerprint density at radius 1 is 1.27 bits per heavy atom. The first-order chi connectivity index (χ1) is 12.4. The average molecular weight is 357 g/mol. The van der Waals surface area contributed by atoms with Crippen molar-refractivity contribution >= 4 is 23.5 Å². The molecular weight excluding hydrogens is 330 g/mol. The molecule has 26 heavy (non-hydrogen) atoms. The molecule has 1 heterocycles. The second-order valence-corrected chi connectivity index (χ2v) is 7.63. The quantitative estimate of drug-likeness (QED) is 0.843. The molecule has 1 aliphatic heterocycles. The molecule has 1 saturated heterocycles. The fourth-order valence-corrected chi connectivity index (χ4v) is 4.17. The van der Waals surface area contributed by atoms with Crippen molar-refractivity contribution in [1.29, 1.82) is 0 Å². The number of carbonyl (C=O) groups excluding carboxylic acids is 3. The number of amides is 4. The first-order valence-corrected chi connectivity index (χ1v) is 9.38. The lowest BCUT2D eigenvalue weighted by atomic mass is 9.73. The first-order valence-electron chi connectivity index (χ1n) is 9.38. The lowest BCUT2D eigenvalue weighted by Gasteiger charge is -2.37. The van der Waals surface area contributed by atoms with Gasteiger partial charge in [-0.15, -0.1) is 0 Å². The van der Waals surface area contributed by atoms with Gasteiger partial charge in [0.2, 0.25) is 5.91 Å². The van der Waals surface area contributed by atoms with Crippen molar-refractivity contribution in [2.24, 2.45) is 5.92 Å². The molecule has 1 saturated carbocycles. The Morgan fingerprint density at radius 3 is 2.58 bits per heavy atom. The molecule has 2 fully saturated rings. The smallest absolute Gasteiger partial charge is 0.323 e. The molecule has 6 nitrogen and oxygen atoms in total. The van der Waals surface area contributed by atoms with Crippen molar-refractivity contribution in [2.45, 2.75) is 58.0 Å². The average Bonchev–Trinajstić information content (AvgIpc) is 2.83. The number of nitrogens with zero attached hydrogens (tertiary/aromatic N) is 2. The molecule has 1 aromatic carbocycles. The van der Waals surface area contributed by atoms with Gasteiger partial charge in [-0.05, 0) is 44.7 Å². The highest BCUT2D eigenvalue weighted by Crippen LogP contribution is 2.38. The van der Waals surface area contributed by atoms with Gasteiger partial charge in [-0.3, -0.25) is 14.5 Å². The van der Waals surface area contributed by atoms with E-state index in [9.17, 15) is 14.4 Å². The molecule has 1 aliphatic carbocycles. The van der Waals surface area contributed by atoms with E-state index in [0.29, 0.717) is 6.42 Å². The number of hydrogen-bond donors (Lipinski definition) is 1. The summed E-state index contributed by atoms with van der Waals surface area (Å²) in [5.74, 6) is -0.418. The summed E-state index contributed by atoms with van der Waals surface area (Å²) in [4.78, 5) is 41.2. The van der Waals surface area contributed by atoms with Gasteiger partial charge in [0.25, 0.3) is 5.91 Å². The van der Waals surface area contributed by atoms with Crippen LogP contribution in [0, 0.1) is 5.92 Å². The Balaban J connectivity index is 1.80. The number of para-hydroxylation sites is 1. The van der Waals surface area contributed by atoms with Gasteiger partial charge < -0.3 is 10.2 Å². The number of rotatable bonds is 4. The molecule has 2 aliphatic rings. The molecule has 1 aromatic rings. The van der Waals surface area contributed by atoms with Crippen molar-refractivity contribution in [1.82, 2.24) is 10.2 Å². The summed E-state index contributed by atoms with van der Waals surface area (Å²) in [6.45, 7) is 5.61. The lowest BCUT2D eigenvalue weighted by Crippen LogP contribution is -2.54. The predicted molar refractivity (Wildman–Crippen MR) is 99.7 cm³/mol. The van der Waals surface area contributed by atoms with Gasteiger partial charge in [0, 0.05) is 11.7 Å². The van der Waals surface area contributed by atoms with E-state index in [1.165, 1.54) is 0 Å². The maximum Gasteiger partial charge on any atom is 0.325 e. The molecule has 140 valence electrons. The number of hydrogen-bond acceptors (Lipinski definition) is 3. The summed E-state index contributed by atoms with van der Waals surface area (Å²) in [6.07, 6.45) is 3.55. The fraction of sp³-hybridized carbons (Fsp3) is 0.550. The van der Waals surface area contributed by atoms with Gasteiger partial charge in [-0.25, -0.2) is 4.79 Å². The maximum atomic E-state index is 13.0. The van der Waals surface area contributed by atoms with E-state index in [-0.39, 0.29) is 30.3 Å². The molecule has 2 unspecified atom stereocenters. The largest absolute Gasteiger partial charge is 0.325 e. The molecule has 0 bridgehead atoms. The van der Waals surface area contributed by atoms with Crippen LogP contribution in [0.4, 0.5) is 10.5 Å². The number of imide groups is 1. The maximum absolute atomic E-state index is 13.0. The van der Waals surface area contributed by atoms with Crippen LogP contribution in [-0.4, -0.2) is 40.9 Å². The van der Waals surface area contributed by atoms with Crippen molar-refractivity contribution in [2.75, 3.05) is 11.4 Å². The zero-order valence-electron chi connectivity index (χ0n) is 15.7. The highest BCUT2D eigenvalue weighted by molar-refractivity contribution is 6.10. The third-order valence-electron chi connectivity index (χ3n) is 5.61. The molecule has 0 radical (unpaired) electrons. The number of benzene rings is 1. The molecular formula is C20H27N3O3. The van der Waals surface area contributed by atoms with Gasteiger partial charge in [0.1, 0.15) is 12.1 Å². The Bertz CT molecular complexity index is 704. The Morgan fingerprint density at radius 2 is 1.96 bits per heavy atom. The van der Waals surface area contributed by atoms with Crippen LogP contribution < -0.4 is 10.2 Å². The van der Waals surface area contributed by atoms with Crippen LogP contribution in [0.2, 0.25) is 0 Å². The number of urea groups is 1. The van der Waals surface area contributed by atoms with Crippen LogP contribution in [0.5, 0.6) is 0 Å². The predicted octanol–water partition coefficient (Wildman–Crippen LogP) is 2.93. The van der Waals surface area contributed by atoms with Gasteiger partial charge in [-0.1, -0.05) is 38.0 Å². The Hall–Kier alpha value is -2.37. The monoisotopic (exact) mass is 357 g/mol. The fourth-order valence-electron chi connectivity index (χ4n) is 4.17. The van der Waals surface area contributed by atoms with Crippen LogP contribution in [0.25, 0.3) is 0 Å². The number of carbonyl (C=O) groups is 3. The molecule has 4 amide bonds. The van der Waals surface area contributed by atoms with Gasteiger partial charge in [0.15, 0.2) is 0 Å². The summed E-state index contributed by atoms with van der Waals surface area (Å²) in [5.41, 5.74) is -0.0642. The summed E-state index contributed by atoms with van der Waals surface area (Å²) < 4.78 is 0. The van der Waals surface area contributed by atoms with Crippen LogP contribution in [-0.2, 0) is 9.59 Å². The third kappa shape index (κ3) is 3.08. The van der Waals surface area contributed by atoms with Crippen LogP contribution in [0.3, 0.4) is 0 Å². The summed E-state index contributed by atoms with van der Waals surface area (Å²) in [6, 6.07) is 8.80. The summed E-state index contributed by atoms with van der Waals surface area (Å²) in [5, 5.41) is 2.90. The van der Waals surface area contributed by atoms with E-state index < -0.39 is 11.6 Å². The van der Waals surface area contributed by atoms with Crippen LogP contribution in [0.15, 0.2) is 30.3 Å². The van der Waals surface area contributed by atoms with E-state index in [1.807, 2.05) is 51.1 Å². The van der Waals surface area contributed by atoms with Crippen molar-refractivity contribution in [3.8, 4) is 0 Å². The van der Waals surface area contributed by atoms with E-state index in [2.05, 4.69) is 5.32 Å².